The van der Waals surface area contributed by atoms with E-state index in [0.29, 0.717) is 0 Å². The first-order chi connectivity index (χ1) is 8.62. The van der Waals surface area contributed by atoms with Crippen LogP contribution in [0.1, 0.15) is 31.4 Å². The van der Waals surface area contributed by atoms with E-state index in [1.807, 2.05) is 13.0 Å². The van der Waals surface area contributed by atoms with Crippen molar-refractivity contribution < 1.29 is 9.13 Å². The third-order valence-electron chi connectivity index (χ3n) is 3.36. The van der Waals surface area contributed by atoms with Crippen molar-refractivity contribution in [1.29, 1.82) is 0 Å². The molecule has 18 heavy (non-hydrogen) atoms. The second-order valence-electron chi connectivity index (χ2n) is 4.62. The van der Waals surface area contributed by atoms with Gasteiger partial charge in [-0.15, -0.1) is 0 Å². The zero-order valence-corrected chi connectivity index (χ0v) is 11.8. The zero-order chi connectivity index (χ0) is 13.5. The van der Waals surface area contributed by atoms with Gasteiger partial charge in [0, 0.05) is 13.2 Å². The van der Waals surface area contributed by atoms with Gasteiger partial charge in [0.05, 0.1) is 6.10 Å². The van der Waals surface area contributed by atoms with E-state index in [0.717, 1.165) is 24.9 Å². The fourth-order valence-electron chi connectivity index (χ4n) is 2.34. The van der Waals surface area contributed by atoms with E-state index in [1.54, 1.807) is 13.2 Å². The molecule has 2 unspecified atom stereocenters. The van der Waals surface area contributed by atoms with Crippen LogP contribution in [-0.2, 0) is 11.2 Å². The summed E-state index contributed by atoms with van der Waals surface area (Å²) in [5.74, 6) is -0.171. The highest BCUT2D eigenvalue weighted by atomic mass is 19.1. The van der Waals surface area contributed by atoms with Crippen molar-refractivity contribution >= 4 is 0 Å². The Morgan fingerprint density at radius 3 is 2.56 bits per heavy atom. The van der Waals surface area contributed by atoms with Crippen LogP contribution in [0.4, 0.5) is 4.39 Å². The number of hydrogen-bond donors (Lipinski definition) is 1. The smallest absolute Gasteiger partial charge is 0.123 e. The van der Waals surface area contributed by atoms with Crippen molar-refractivity contribution in [2.75, 3.05) is 13.7 Å². The Morgan fingerprint density at radius 2 is 2.06 bits per heavy atom. The van der Waals surface area contributed by atoms with E-state index < -0.39 is 0 Å². The van der Waals surface area contributed by atoms with Gasteiger partial charge in [0.25, 0.3) is 0 Å². The lowest BCUT2D eigenvalue weighted by Crippen LogP contribution is -2.42. The highest BCUT2D eigenvalue weighted by Crippen LogP contribution is 2.15. The first-order valence-corrected chi connectivity index (χ1v) is 6.63. The summed E-state index contributed by atoms with van der Waals surface area (Å²) in [5.41, 5.74) is 2.18. The van der Waals surface area contributed by atoms with Gasteiger partial charge in [-0.2, -0.15) is 0 Å². The number of nitrogens with one attached hydrogen (secondary N) is 1. The molecule has 0 saturated carbocycles. The normalized spacial score (nSPS) is 14.5. The molecule has 1 N–H and O–H groups in total. The second-order valence-corrected chi connectivity index (χ2v) is 4.62. The summed E-state index contributed by atoms with van der Waals surface area (Å²) in [6.45, 7) is 7.07. The maximum atomic E-state index is 13.1. The fraction of sp³-hybridized carbons (Fsp3) is 0.600. The van der Waals surface area contributed by atoms with Gasteiger partial charge in [0.2, 0.25) is 0 Å². The fourth-order valence-corrected chi connectivity index (χ4v) is 2.34. The van der Waals surface area contributed by atoms with Crippen LogP contribution in [0, 0.1) is 12.7 Å². The van der Waals surface area contributed by atoms with Crippen LogP contribution in [0.25, 0.3) is 0 Å². The summed E-state index contributed by atoms with van der Waals surface area (Å²) in [4.78, 5) is 0. The number of likely N-dealkylation sites (N-methyl/N-ethyl adjacent to an activating group) is 1. The first kappa shape index (κ1) is 15.1. The van der Waals surface area contributed by atoms with Crippen LogP contribution in [-0.4, -0.2) is 25.8 Å². The van der Waals surface area contributed by atoms with E-state index in [4.69, 9.17) is 4.74 Å². The van der Waals surface area contributed by atoms with E-state index in [1.165, 1.54) is 11.6 Å². The quantitative estimate of drug-likeness (QED) is 0.806. The number of hydrogen-bond acceptors (Lipinski definition) is 2. The van der Waals surface area contributed by atoms with Gasteiger partial charge in [-0.3, -0.25) is 0 Å². The number of halogens is 1. The number of methoxy groups -OCH3 is 1. The summed E-state index contributed by atoms with van der Waals surface area (Å²) in [6, 6.07) is 5.26. The Bertz CT molecular complexity index is 364. The Balaban J connectivity index is 2.82. The highest BCUT2D eigenvalue weighted by molar-refractivity contribution is 5.27. The van der Waals surface area contributed by atoms with Crippen molar-refractivity contribution in [2.24, 2.45) is 0 Å². The van der Waals surface area contributed by atoms with Crippen LogP contribution in [0.2, 0.25) is 0 Å². The predicted molar refractivity (Wildman–Crippen MR) is 73.4 cm³/mol. The van der Waals surface area contributed by atoms with Gasteiger partial charge in [-0.25, -0.2) is 4.39 Å². The van der Waals surface area contributed by atoms with Crippen molar-refractivity contribution in [3.63, 3.8) is 0 Å². The average molecular weight is 253 g/mol. The molecule has 0 amide bonds. The van der Waals surface area contributed by atoms with Gasteiger partial charge in [-0.1, -0.05) is 19.9 Å². The second kappa shape index (κ2) is 7.49. The maximum Gasteiger partial charge on any atom is 0.123 e. The molecule has 0 radical (unpaired) electrons. The molecule has 102 valence electrons. The van der Waals surface area contributed by atoms with Gasteiger partial charge in [-0.05, 0) is 49.6 Å². The molecule has 0 saturated heterocycles. The molecule has 1 aromatic carbocycles. The lowest BCUT2D eigenvalue weighted by atomic mass is 9.96. The molecule has 0 heterocycles. The molecule has 2 nitrogen and oxygen atoms in total. The summed E-state index contributed by atoms with van der Waals surface area (Å²) in [6.07, 6.45) is 2.02. The number of benzene rings is 1. The number of aryl methyl sites for hydroxylation is 1. The lowest BCUT2D eigenvalue weighted by molar-refractivity contribution is 0.0658. The molecule has 0 aliphatic heterocycles. The maximum absolute atomic E-state index is 13.1. The Kier molecular flexibility index (Phi) is 6.30. The summed E-state index contributed by atoms with van der Waals surface area (Å²) < 4.78 is 18.6. The lowest BCUT2D eigenvalue weighted by Gasteiger charge is -2.26. The van der Waals surface area contributed by atoms with E-state index in [2.05, 4.69) is 19.2 Å². The minimum atomic E-state index is -0.171. The molecule has 2 atom stereocenters. The van der Waals surface area contributed by atoms with Gasteiger partial charge < -0.3 is 10.1 Å². The van der Waals surface area contributed by atoms with Crippen LogP contribution in [0.5, 0.6) is 0 Å². The van der Waals surface area contributed by atoms with Crippen molar-refractivity contribution in [1.82, 2.24) is 5.32 Å². The summed E-state index contributed by atoms with van der Waals surface area (Å²) in [5, 5.41) is 3.46. The third kappa shape index (κ3) is 4.07. The minimum absolute atomic E-state index is 0.171. The molecule has 0 aliphatic rings. The van der Waals surface area contributed by atoms with E-state index >= 15 is 0 Å². The number of rotatable bonds is 7. The molecule has 3 heteroatoms. The van der Waals surface area contributed by atoms with Crippen LogP contribution < -0.4 is 5.32 Å². The molecular formula is C15H24FNO. The Morgan fingerprint density at radius 1 is 1.33 bits per heavy atom. The largest absolute Gasteiger partial charge is 0.380 e. The number of ether oxygens (including phenoxy) is 1. The van der Waals surface area contributed by atoms with Crippen LogP contribution in [0.15, 0.2) is 18.2 Å². The highest BCUT2D eigenvalue weighted by Gasteiger charge is 2.19. The first-order valence-electron chi connectivity index (χ1n) is 6.63. The molecule has 0 fully saturated rings. The SMILES string of the molecule is CCNC(Cc1ccc(F)cc1C)C(CC)OC. The molecule has 0 aliphatic carbocycles. The van der Waals surface area contributed by atoms with Crippen molar-refractivity contribution in [3.05, 3.63) is 35.1 Å². The minimum Gasteiger partial charge on any atom is -0.380 e. The van der Waals surface area contributed by atoms with Crippen molar-refractivity contribution in [3.8, 4) is 0 Å². The van der Waals surface area contributed by atoms with Gasteiger partial charge in [0.15, 0.2) is 0 Å². The average Bonchev–Trinajstić information content (AvgIpc) is 2.34. The summed E-state index contributed by atoms with van der Waals surface area (Å²) in [7, 11) is 1.75. The Labute approximate surface area is 110 Å². The van der Waals surface area contributed by atoms with Crippen LogP contribution in [0.3, 0.4) is 0 Å². The van der Waals surface area contributed by atoms with E-state index in [-0.39, 0.29) is 18.0 Å². The molecule has 1 aromatic rings. The summed E-state index contributed by atoms with van der Waals surface area (Å²) >= 11 is 0. The van der Waals surface area contributed by atoms with Crippen molar-refractivity contribution in [2.45, 2.75) is 45.8 Å². The van der Waals surface area contributed by atoms with E-state index in [9.17, 15) is 4.39 Å². The topological polar surface area (TPSA) is 21.3 Å². The third-order valence-corrected chi connectivity index (χ3v) is 3.36. The predicted octanol–water partition coefficient (Wildman–Crippen LogP) is 3.08. The molecule has 1 rings (SSSR count). The molecule has 0 spiro atoms. The molecule has 0 bridgehead atoms. The zero-order valence-electron chi connectivity index (χ0n) is 11.8. The van der Waals surface area contributed by atoms with Crippen LogP contribution >= 0.6 is 0 Å². The molecule has 0 aromatic heterocycles. The van der Waals surface area contributed by atoms with Gasteiger partial charge in [0.1, 0.15) is 5.82 Å². The standard InChI is InChI=1S/C15H24FNO/c1-5-15(18-4)14(17-6-2)10-12-7-8-13(16)9-11(12)3/h7-9,14-15,17H,5-6,10H2,1-4H3. The van der Waals surface area contributed by atoms with Gasteiger partial charge >= 0.3 is 0 Å². The molecular weight excluding hydrogens is 229 g/mol. The Hall–Kier alpha value is -0.930. The monoisotopic (exact) mass is 253 g/mol.